The summed E-state index contributed by atoms with van der Waals surface area (Å²) < 4.78 is 3.80. The van der Waals surface area contributed by atoms with Crippen molar-refractivity contribution in [1.82, 2.24) is 29.6 Å². The van der Waals surface area contributed by atoms with E-state index in [0.29, 0.717) is 6.54 Å². The molecule has 3 rings (SSSR count). The Bertz CT molecular complexity index is 665. The van der Waals surface area contributed by atoms with Gasteiger partial charge in [-0.1, -0.05) is 6.07 Å². The Morgan fingerprint density at radius 3 is 2.82 bits per heavy atom. The Balaban J connectivity index is 2.02. The monoisotopic (exact) mass is 228 g/mol. The Hall–Kier alpha value is -2.24. The summed E-state index contributed by atoms with van der Waals surface area (Å²) in [4.78, 5) is 4.54. The minimum Gasteiger partial charge on any atom is -0.304 e. The van der Waals surface area contributed by atoms with Crippen molar-refractivity contribution in [2.24, 2.45) is 0 Å². The Labute approximate surface area is 97.9 Å². The number of pyridine rings is 1. The van der Waals surface area contributed by atoms with Gasteiger partial charge in [-0.05, 0) is 36.4 Å². The van der Waals surface area contributed by atoms with Gasteiger partial charge in [0.2, 0.25) is 0 Å². The van der Waals surface area contributed by atoms with E-state index in [2.05, 4.69) is 37.9 Å². The first kappa shape index (κ1) is 9.95. The molecule has 86 valence electrons. The van der Waals surface area contributed by atoms with Gasteiger partial charge in [0.05, 0.1) is 12.2 Å². The van der Waals surface area contributed by atoms with Crippen LogP contribution in [0.1, 0.15) is 17.2 Å². The standard InChI is InChI=1S/C11H12N6/c1-8-4-3-5-11-12-10(6-16(8)11)7-17-9(2)13-14-15-17/h3-6H,7H2,1-2H3. The molecule has 0 amide bonds. The van der Waals surface area contributed by atoms with E-state index in [1.54, 1.807) is 4.68 Å². The summed E-state index contributed by atoms with van der Waals surface area (Å²) in [5.41, 5.74) is 3.06. The molecule has 3 aromatic rings. The maximum absolute atomic E-state index is 4.54. The van der Waals surface area contributed by atoms with Crippen LogP contribution in [0.25, 0.3) is 5.65 Å². The van der Waals surface area contributed by atoms with Crippen LogP contribution in [0.5, 0.6) is 0 Å². The molecule has 6 heteroatoms. The van der Waals surface area contributed by atoms with Crippen molar-refractivity contribution in [3.8, 4) is 0 Å². The molecular formula is C11H12N6. The first-order valence-electron chi connectivity index (χ1n) is 5.40. The lowest BCUT2D eigenvalue weighted by atomic mass is 10.4. The first-order valence-corrected chi connectivity index (χ1v) is 5.40. The molecule has 0 N–H and O–H groups in total. The van der Waals surface area contributed by atoms with Crippen molar-refractivity contribution in [1.29, 1.82) is 0 Å². The van der Waals surface area contributed by atoms with E-state index in [1.165, 1.54) is 0 Å². The van der Waals surface area contributed by atoms with Gasteiger partial charge in [0.15, 0.2) is 0 Å². The lowest BCUT2D eigenvalue weighted by Gasteiger charge is -1.97. The fraction of sp³-hybridized carbons (Fsp3) is 0.273. The molecule has 0 radical (unpaired) electrons. The summed E-state index contributed by atoms with van der Waals surface area (Å²) in [6.45, 7) is 4.53. The van der Waals surface area contributed by atoms with Crippen LogP contribution in [0.3, 0.4) is 0 Å². The fourth-order valence-corrected chi connectivity index (χ4v) is 1.82. The maximum atomic E-state index is 4.54. The van der Waals surface area contributed by atoms with E-state index >= 15 is 0 Å². The largest absolute Gasteiger partial charge is 0.304 e. The van der Waals surface area contributed by atoms with Crippen LogP contribution in [0.4, 0.5) is 0 Å². The van der Waals surface area contributed by atoms with Gasteiger partial charge in [-0.25, -0.2) is 9.67 Å². The van der Waals surface area contributed by atoms with Gasteiger partial charge in [-0.3, -0.25) is 0 Å². The van der Waals surface area contributed by atoms with E-state index in [1.807, 2.05) is 25.3 Å². The van der Waals surface area contributed by atoms with Crippen molar-refractivity contribution < 1.29 is 0 Å². The Kier molecular flexibility index (Phi) is 2.14. The second kappa shape index (κ2) is 3.65. The summed E-state index contributed by atoms with van der Waals surface area (Å²) in [6.07, 6.45) is 2.02. The summed E-state index contributed by atoms with van der Waals surface area (Å²) in [7, 11) is 0. The van der Waals surface area contributed by atoms with Crippen molar-refractivity contribution >= 4 is 5.65 Å². The highest BCUT2D eigenvalue weighted by Crippen LogP contribution is 2.09. The van der Waals surface area contributed by atoms with Crippen LogP contribution in [0.2, 0.25) is 0 Å². The number of hydrogen-bond donors (Lipinski definition) is 0. The molecule has 0 spiro atoms. The number of nitrogens with zero attached hydrogens (tertiary/aromatic N) is 6. The molecule has 0 aromatic carbocycles. The number of hydrogen-bond acceptors (Lipinski definition) is 4. The summed E-state index contributed by atoms with van der Waals surface area (Å²) in [5.74, 6) is 0.791. The van der Waals surface area contributed by atoms with Gasteiger partial charge >= 0.3 is 0 Å². The molecule has 17 heavy (non-hydrogen) atoms. The van der Waals surface area contributed by atoms with Gasteiger partial charge in [0, 0.05) is 11.9 Å². The normalized spacial score (nSPS) is 11.2. The number of aromatic nitrogens is 6. The van der Waals surface area contributed by atoms with Gasteiger partial charge in [-0.15, -0.1) is 5.10 Å². The molecule has 3 heterocycles. The highest BCUT2D eigenvalue weighted by atomic mass is 15.5. The van der Waals surface area contributed by atoms with E-state index in [4.69, 9.17) is 0 Å². The van der Waals surface area contributed by atoms with Crippen LogP contribution < -0.4 is 0 Å². The minimum absolute atomic E-state index is 0.597. The topological polar surface area (TPSA) is 60.9 Å². The minimum atomic E-state index is 0.597. The molecule has 0 aliphatic carbocycles. The van der Waals surface area contributed by atoms with Gasteiger partial charge in [0.1, 0.15) is 11.5 Å². The van der Waals surface area contributed by atoms with Gasteiger partial charge in [0.25, 0.3) is 0 Å². The average molecular weight is 228 g/mol. The third kappa shape index (κ3) is 1.67. The predicted octanol–water partition coefficient (Wildman–Crippen LogP) is 0.986. The molecule has 6 nitrogen and oxygen atoms in total. The van der Waals surface area contributed by atoms with Crippen LogP contribution in [-0.2, 0) is 6.54 Å². The number of rotatable bonds is 2. The van der Waals surface area contributed by atoms with E-state index in [-0.39, 0.29) is 0 Å². The van der Waals surface area contributed by atoms with Crippen molar-refractivity contribution in [2.75, 3.05) is 0 Å². The summed E-state index contributed by atoms with van der Waals surface area (Å²) >= 11 is 0. The number of fused-ring (bicyclic) bond motifs is 1. The highest BCUT2D eigenvalue weighted by molar-refractivity contribution is 5.41. The third-order valence-electron chi connectivity index (χ3n) is 2.77. The fourth-order valence-electron chi connectivity index (χ4n) is 1.82. The van der Waals surface area contributed by atoms with E-state index in [0.717, 1.165) is 22.9 Å². The van der Waals surface area contributed by atoms with Crippen LogP contribution in [-0.4, -0.2) is 29.6 Å². The highest BCUT2D eigenvalue weighted by Gasteiger charge is 2.06. The average Bonchev–Trinajstić information content (AvgIpc) is 2.87. The Morgan fingerprint density at radius 2 is 2.12 bits per heavy atom. The molecule has 0 fully saturated rings. The van der Waals surface area contributed by atoms with Crippen molar-refractivity contribution in [3.63, 3.8) is 0 Å². The molecule has 0 bridgehead atoms. The molecule has 0 aliphatic rings. The molecule has 0 unspecified atom stereocenters. The van der Waals surface area contributed by atoms with Gasteiger partial charge < -0.3 is 4.40 Å². The Morgan fingerprint density at radius 1 is 1.24 bits per heavy atom. The lowest BCUT2D eigenvalue weighted by molar-refractivity contribution is 0.625. The summed E-state index contributed by atoms with van der Waals surface area (Å²) in [5, 5.41) is 11.4. The zero-order chi connectivity index (χ0) is 11.8. The zero-order valence-electron chi connectivity index (χ0n) is 9.70. The lowest BCUT2D eigenvalue weighted by Crippen LogP contribution is -2.04. The number of aryl methyl sites for hydroxylation is 2. The second-order valence-electron chi connectivity index (χ2n) is 4.01. The predicted molar refractivity (Wildman–Crippen MR) is 61.6 cm³/mol. The molecule has 0 saturated heterocycles. The van der Waals surface area contributed by atoms with Crippen molar-refractivity contribution in [3.05, 3.63) is 41.6 Å². The molecule has 0 saturated carbocycles. The maximum Gasteiger partial charge on any atom is 0.148 e. The van der Waals surface area contributed by atoms with E-state index < -0.39 is 0 Å². The molecule has 0 atom stereocenters. The molecular weight excluding hydrogens is 216 g/mol. The first-order chi connectivity index (χ1) is 8.24. The summed E-state index contributed by atoms with van der Waals surface area (Å²) in [6, 6.07) is 6.05. The quantitative estimate of drug-likeness (QED) is 0.656. The SMILES string of the molecule is Cc1nnnn1Cc1cn2c(C)cccc2n1. The number of imidazole rings is 1. The van der Waals surface area contributed by atoms with Crippen LogP contribution in [0, 0.1) is 13.8 Å². The van der Waals surface area contributed by atoms with Crippen molar-refractivity contribution in [2.45, 2.75) is 20.4 Å². The van der Waals surface area contributed by atoms with Crippen LogP contribution >= 0.6 is 0 Å². The zero-order valence-corrected chi connectivity index (χ0v) is 9.70. The van der Waals surface area contributed by atoms with E-state index in [9.17, 15) is 0 Å². The smallest absolute Gasteiger partial charge is 0.148 e. The molecule has 0 aliphatic heterocycles. The van der Waals surface area contributed by atoms with Crippen LogP contribution in [0.15, 0.2) is 24.4 Å². The second-order valence-corrected chi connectivity index (χ2v) is 4.01. The third-order valence-corrected chi connectivity index (χ3v) is 2.77. The van der Waals surface area contributed by atoms with Gasteiger partial charge in [-0.2, -0.15) is 0 Å². The molecule has 3 aromatic heterocycles. The number of tetrazole rings is 1.